The highest BCUT2D eigenvalue weighted by atomic mass is 32.2. The molecule has 1 aromatic rings. The standard InChI is InChI=1S/C13H17N3O2S2/c1-3-20(17,18)13-9-19-5-4-16(13)12-7-11(8-14)6-10(2)15-12/h6-7,13H,3-5,9H2,1-2H3. The van der Waals surface area contributed by atoms with E-state index in [1.807, 2.05) is 11.8 Å². The number of nitriles is 1. The minimum Gasteiger partial charge on any atom is -0.338 e. The Morgan fingerprint density at radius 2 is 2.30 bits per heavy atom. The number of hydrogen-bond donors (Lipinski definition) is 0. The minimum atomic E-state index is -3.17. The van der Waals surface area contributed by atoms with Crippen LogP contribution < -0.4 is 4.90 Å². The van der Waals surface area contributed by atoms with Crippen molar-refractivity contribution in [3.05, 3.63) is 23.4 Å². The molecule has 0 saturated carbocycles. The average Bonchev–Trinajstić information content (AvgIpc) is 2.46. The van der Waals surface area contributed by atoms with Crippen LogP contribution in [0, 0.1) is 18.3 Å². The summed E-state index contributed by atoms with van der Waals surface area (Å²) in [6.45, 7) is 4.11. The molecule has 1 atom stereocenters. The molecule has 0 N–H and O–H groups in total. The molecular weight excluding hydrogens is 294 g/mol. The highest BCUT2D eigenvalue weighted by molar-refractivity contribution is 8.01. The first-order valence-corrected chi connectivity index (χ1v) is 9.29. The van der Waals surface area contributed by atoms with Gasteiger partial charge < -0.3 is 4.90 Å². The van der Waals surface area contributed by atoms with E-state index in [0.29, 0.717) is 23.7 Å². The van der Waals surface area contributed by atoms with Gasteiger partial charge in [-0.3, -0.25) is 0 Å². The van der Waals surface area contributed by atoms with E-state index in [0.717, 1.165) is 11.4 Å². The van der Waals surface area contributed by atoms with Crippen molar-refractivity contribution in [1.82, 2.24) is 4.98 Å². The summed E-state index contributed by atoms with van der Waals surface area (Å²) in [6.07, 6.45) is 0. The van der Waals surface area contributed by atoms with Crippen LogP contribution in [-0.2, 0) is 9.84 Å². The van der Waals surface area contributed by atoms with Crippen molar-refractivity contribution in [1.29, 1.82) is 5.26 Å². The van der Waals surface area contributed by atoms with Gasteiger partial charge >= 0.3 is 0 Å². The molecule has 0 bridgehead atoms. The summed E-state index contributed by atoms with van der Waals surface area (Å²) in [5.41, 5.74) is 1.24. The molecule has 5 nitrogen and oxygen atoms in total. The van der Waals surface area contributed by atoms with Crippen LogP contribution in [0.4, 0.5) is 5.82 Å². The third-order valence-electron chi connectivity index (χ3n) is 3.26. The van der Waals surface area contributed by atoms with E-state index in [2.05, 4.69) is 11.1 Å². The maximum Gasteiger partial charge on any atom is 0.171 e. The Hall–Kier alpha value is -1.26. The first kappa shape index (κ1) is 15.1. The number of rotatable bonds is 3. The third-order valence-corrected chi connectivity index (χ3v) is 6.55. The van der Waals surface area contributed by atoms with Crippen LogP contribution in [0.15, 0.2) is 12.1 Å². The first-order chi connectivity index (χ1) is 9.47. The van der Waals surface area contributed by atoms with Gasteiger partial charge in [0.1, 0.15) is 11.2 Å². The molecule has 0 amide bonds. The Kier molecular flexibility index (Phi) is 4.55. The fourth-order valence-corrected chi connectivity index (χ4v) is 5.17. The average molecular weight is 311 g/mol. The van der Waals surface area contributed by atoms with Crippen LogP contribution in [0.2, 0.25) is 0 Å². The molecule has 1 saturated heterocycles. The molecule has 0 aliphatic carbocycles. The summed E-state index contributed by atoms with van der Waals surface area (Å²) in [5.74, 6) is 2.12. The van der Waals surface area contributed by atoms with E-state index in [9.17, 15) is 8.42 Å². The predicted molar refractivity (Wildman–Crippen MR) is 81.6 cm³/mol. The summed E-state index contributed by atoms with van der Waals surface area (Å²) in [4.78, 5) is 6.23. The fourth-order valence-electron chi connectivity index (χ4n) is 2.20. The van der Waals surface area contributed by atoms with Gasteiger partial charge in [0.25, 0.3) is 0 Å². The van der Waals surface area contributed by atoms with E-state index in [-0.39, 0.29) is 5.75 Å². The zero-order chi connectivity index (χ0) is 14.8. The SMILES string of the molecule is CCS(=O)(=O)C1CSCCN1c1cc(C#N)cc(C)n1. The van der Waals surface area contributed by atoms with Crippen LogP contribution in [0.5, 0.6) is 0 Å². The van der Waals surface area contributed by atoms with E-state index in [1.54, 1.807) is 30.8 Å². The third kappa shape index (κ3) is 3.07. The molecule has 0 aromatic carbocycles. The maximum atomic E-state index is 12.2. The van der Waals surface area contributed by atoms with Gasteiger partial charge in [0.2, 0.25) is 0 Å². The van der Waals surface area contributed by atoms with E-state index in [1.165, 1.54) is 0 Å². The molecule has 0 spiro atoms. The number of anilines is 1. The van der Waals surface area contributed by atoms with Crippen LogP contribution in [0.3, 0.4) is 0 Å². The number of thioether (sulfide) groups is 1. The predicted octanol–water partition coefficient (Wildman–Crippen LogP) is 1.58. The number of aryl methyl sites for hydroxylation is 1. The van der Waals surface area contributed by atoms with Crippen molar-refractivity contribution in [3.8, 4) is 6.07 Å². The van der Waals surface area contributed by atoms with Gasteiger partial charge in [0.05, 0.1) is 11.6 Å². The van der Waals surface area contributed by atoms with Gasteiger partial charge in [0.15, 0.2) is 9.84 Å². The molecular formula is C13H17N3O2S2. The highest BCUT2D eigenvalue weighted by Gasteiger charge is 2.33. The monoisotopic (exact) mass is 311 g/mol. The molecule has 2 heterocycles. The number of hydrogen-bond acceptors (Lipinski definition) is 6. The lowest BCUT2D eigenvalue weighted by atomic mass is 10.2. The Morgan fingerprint density at radius 1 is 1.55 bits per heavy atom. The van der Waals surface area contributed by atoms with Gasteiger partial charge in [-0.25, -0.2) is 13.4 Å². The Bertz CT molecular complexity index is 638. The Balaban J connectivity index is 2.43. The van der Waals surface area contributed by atoms with Crippen molar-refractivity contribution >= 4 is 27.4 Å². The summed E-state index contributed by atoms with van der Waals surface area (Å²) < 4.78 is 24.5. The van der Waals surface area contributed by atoms with Gasteiger partial charge in [-0.15, -0.1) is 0 Å². The molecule has 1 aliphatic rings. The summed E-state index contributed by atoms with van der Waals surface area (Å²) in [6, 6.07) is 5.46. The van der Waals surface area contributed by atoms with Crippen molar-refractivity contribution in [2.45, 2.75) is 19.2 Å². The molecule has 1 fully saturated rings. The van der Waals surface area contributed by atoms with E-state index >= 15 is 0 Å². The van der Waals surface area contributed by atoms with Crippen molar-refractivity contribution in [2.24, 2.45) is 0 Å². The number of pyridine rings is 1. The molecule has 2 rings (SSSR count). The minimum absolute atomic E-state index is 0.117. The van der Waals surface area contributed by atoms with Crippen LogP contribution in [-0.4, -0.2) is 42.6 Å². The Morgan fingerprint density at radius 3 is 2.95 bits per heavy atom. The normalized spacial score (nSPS) is 19.6. The van der Waals surface area contributed by atoms with Crippen LogP contribution >= 0.6 is 11.8 Å². The molecule has 7 heteroatoms. The topological polar surface area (TPSA) is 74.1 Å². The summed E-state index contributed by atoms with van der Waals surface area (Å²) >= 11 is 1.64. The van der Waals surface area contributed by atoms with E-state index < -0.39 is 15.2 Å². The maximum absolute atomic E-state index is 12.2. The molecule has 108 valence electrons. The van der Waals surface area contributed by atoms with Crippen molar-refractivity contribution in [3.63, 3.8) is 0 Å². The largest absolute Gasteiger partial charge is 0.338 e. The van der Waals surface area contributed by atoms with Crippen LogP contribution in [0.25, 0.3) is 0 Å². The van der Waals surface area contributed by atoms with Gasteiger partial charge in [-0.1, -0.05) is 6.92 Å². The second kappa shape index (κ2) is 6.02. The zero-order valence-corrected chi connectivity index (χ0v) is 13.2. The number of sulfone groups is 1. The van der Waals surface area contributed by atoms with Gasteiger partial charge in [0, 0.05) is 29.5 Å². The highest BCUT2D eigenvalue weighted by Crippen LogP contribution is 2.27. The zero-order valence-electron chi connectivity index (χ0n) is 11.5. The molecule has 0 radical (unpaired) electrons. The number of aromatic nitrogens is 1. The molecule has 1 aliphatic heterocycles. The first-order valence-electron chi connectivity index (χ1n) is 6.42. The number of nitrogens with zero attached hydrogens (tertiary/aromatic N) is 3. The second-order valence-corrected chi connectivity index (χ2v) is 8.24. The second-order valence-electron chi connectivity index (χ2n) is 4.64. The van der Waals surface area contributed by atoms with Gasteiger partial charge in [-0.05, 0) is 19.1 Å². The summed E-state index contributed by atoms with van der Waals surface area (Å²) in [5, 5.41) is 8.49. The quantitative estimate of drug-likeness (QED) is 0.843. The van der Waals surface area contributed by atoms with Crippen molar-refractivity contribution < 1.29 is 8.42 Å². The fraction of sp³-hybridized carbons (Fsp3) is 0.538. The molecule has 1 unspecified atom stereocenters. The summed E-state index contributed by atoms with van der Waals surface area (Å²) in [7, 11) is -3.17. The van der Waals surface area contributed by atoms with Gasteiger partial charge in [-0.2, -0.15) is 17.0 Å². The lowest BCUT2D eigenvalue weighted by Crippen LogP contribution is -2.48. The Labute approximate surface area is 123 Å². The lowest BCUT2D eigenvalue weighted by Gasteiger charge is -2.35. The smallest absolute Gasteiger partial charge is 0.171 e. The van der Waals surface area contributed by atoms with Crippen molar-refractivity contribution in [2.75, 3.05) is 28.7 Å². The van der Waals surface area contributed by atoms with Crippen LogP contribution in [0.1, 0.15) is 18.2 Å². The lowest BCUT2D eigenvalue weighted by molar-refractivity contribution is 0.579. The van der Waals surface area contributed by atoms with E-state index in [4.69, 9.17) is 5.26 Å². The molecule has 20 heavy (non-hydrogen) atoms. The molecule has 1 aromatic heterocycles.